The smallest absolute Gasteiger partial charge is 0.614 e. The van der Waals surface area contributed by atoms with Crippen LogP contribution in [0.3, 0.4) is 0 Å². The van der Waals surface area contributed by atoms with Crippen molar-refractivity contribution in [2.24, 2.45) is 4.99 Å². The van der Waals surface area contributed by atoms with Gasteiger partial charge in [-0.2, -0.15) is 0 Å². The Labute approximate surface area is 339 Å². The first-order chi connectivity index (χ1) is 28.6. The third kappa shape index (κ3) is 7.44. The monoisotopic (exact) mass is 784 g/mol. The molecule has 3 heterocycles. The minimum atomic E-state index is -4.85. The van der Waals surface area contributed by atoms with Crippen molar-refractivity contribution in [3.8, 4) is 0 Å². The summed E-state index contributed by atoms with van der Waals surface area (Å²) in [4.78, 5) is 8.72. The molecule has 12 heteroatoms. The Morgan fingerprint density at radius 3 is 1.41 bits per heavy atom. The molecule has 0 aliphatic carbocycles. The Hall–Kier alpha value is -7.46. The van der Waals surface area contributed by atoms with Crippen molar-refractivity contribution >= 4 is 59.5 Å². The summed E-state index contributed by atoms with van der Waals surface area (Å²) in [5.41, 5.74) is 6.60. The van der Waals surface area contributed by atoms with Gasteiger partial charge in [-0.3, -0.25) is 0 Å². The maximum atomic E-state index is 16.4. The molecule has 0 atom stereocenters. The molecule has 0 aromatic heterocycles. The molecule has 0 amide bonds. The Kier molecular flexibility index (Phi) is 9.52. The van der Waals surface area contributed by atoms with E-state index in [1.54, 1.807) is 18.2 Å². The fourth-order valence-corrected chi connectivity index (χ4v) is 7.43. The Morgan fingerprint density at radius 1 is 0.542 bits per heavy atom. The molecule has 6 aromatic rings. The van der Waals surface area contributed by atoms with Gasteiger partial charge in [-0.25, -0.2) is 4.99 Å². The molecule has 9 rings (SSSR count). The summed E-state index contributed by atoms with van der Waals surface area (Å²) in [6, 6.07) is 53.9. The van der Waals surface area contributed by atoms with Crippen LogP contribution in [0, 0.1) is 6.82 Å². The number of halogens is 4. The summed E-state index contributed by atoms with van der Waals surface area (Å²) in [6.45, 7) is -1.85. The number of anilines is 6. The number of para-hydroxylation sites is 4. The highest BCUT2D eigenvalue weighted by atomic mass is 19.3. The molecule has 6 aromatic carbocycles. The molecule has 3 aliphatic heterocycles. The highest BCUT2D eigenvalue weighted by Gasteiger charge is 2.57. The molecular formula is C47H34B2F4N4O2. The lowest BCUT2D eigenvalue weighted by Crippen LogP contribution is -2.48. The molecule has 0 fully saturated rings. The van der Waals surface area contributed by atoms with Crippen molar-refractivity contribution in [2.75, 3.05) is 9.80 Å². The molecular weight excluding hydrogens is 750 g/mol. The number of hydrogen-bond donors (Lipinski definition) is 0. The number of nitrogens with zero attached hydrogens (tertiary/aromatic N) is 4. The van der Waals surface area contributed by atoms with Crippen molar-refractivity contribution in [3.63, 3.8) is 0 Å². The highest BCUT2D eigenvalue weighted by molar-refractivity contribution is 6.61. The SMILES string of the molecule is [CH2+][B-](F)(F)OC1=C2C=CC(c3ccc(N(c4ccccc4)c4ccccc4)cc3)=[N+]2[B-](F)(F)O/C1=C1\C=CC(c2ccc(N(c3ccccc3)c3ccccc3)cc2)=N1. The quantitative estimate of drug-likeness (QED) is 0.0788. The van der Waals surface area contributed by atoms with E-state index in [9.17, 15) is 8.63 Å². The van der Waals surface area contributed by atoms with Crippen molar-refractivity contribution in [3.05, 3.63) is 235 Å². The van der Waals surface area contributed by atoms with Gasteiger partial charge in [-0.15, -0.1) is 0 Å². The van der Waals surface area contributed by atoms with E-state index in [0.717, 1.165) is 34.1 Å². The van der Waals surface area contributed by atoms with Gasteiger partial charge in [-0.05, 0) is 104 Å². The highest BCUT2D eigenvalue weighted by Crippen LogP contribution is 2.42. The van der Waals surface area contributed by atoms with E-state index in [4.69, 9.17) is 9.31 Å². The lowest BCUT2D eigenvalue weighted by atomic mass is 9.91. The summed E-state index contributed by atoms with van der Waals surface area (Å²) in [7, 11) is -4.85. The van der Waals surface area contributed by atoms with E-state index in [1.165, 1.54) is 18.2 Å². The van der Waals surface area contributed by atoms with Gasteiger partial charge in [0, 0.05) is 57.4 Å². The number of rotatable bonds is 10. The molecule has 0 N–H and O–H groups in total. The first-order valence-electron chi connectivity index (χ1n) is 19.0. The van der Waals surface area contributed by atoms with Gasteiger partial charge in [0.2, 0.25) is 5.70 Å². The van der Waals surface area contributed by atoms with E-state index in [2.05, 4.69) is 16.7 Å². The largest absolute Gasteiger partial charge is 0.834 e. The molecule has 3 aliphatic rings. The standard InChI is InChI=1S/C47H34B2F4N4O2/c1-48(50,51)58-47-45-33-32-44(35-24-28-41(29-25-35)56(38-18-10-4-11-19-38)39-20-12-5-13-21-39)57(45)49(52,53)59-46(47)43-31-30-42(54-43)34-22-26-40(27-23-34)55(36-14-6-2-7-15-36)37-16-8-3-9-17-37/h2-33H,1H2/b46-43+. The minimum absolute atomic E-state index is 0.0545. The lowest BCUT2D eigenvalue weighted by Gasteiger charge is -2.34. The Morgan fingerprint density at radius 2 is 0.966 bits per heavy atom. The summed E-state index contributed by atoms with van der Waals surface area (Å²) in [5, 5.41) is 0. The molecule has 0 saturated carbocycles. The maximum absolute atomic E-state index is 16.4. The molecule has 0 bridgehead atoms. The molecule has 0 radical (unpaired) electrons. The summed E-state index contributed by atoms with van der Waals surface area (Å²) >= 11 is 0. The average molecular weight is 784 g/mol. The molecule has 288 valence electrons. The topological polar surface area (TPSA) is 40.3 Å². The van der Waals surface area contributed by atoms with Crippen LogP contribution in [0.2, 0.25) is 0 Å². The van der Waals surface area contributed by atoms with Gasteiger partial charge in [0.05, 0.1) is 5.71 Å². The number of benzene rings is 6. The third-order valence-corrected chi connectivity index (χ3v) is 9.98. The summed E-state index contributed by atoms with van der Waals surface area (Å²) < 4.78 is 73.1. The van der Waals surface area contributed by atoms with E-state index >= 15 is 8.63 Å². The molecule has 0 spiro atoms. The van der Waals surface area contributed by atoms with Crippen LogP contribution in [0.25, 0.3) is 0 Å². The van der Waals surface area contributed by atoms with E-state index in [-0.39, 0.29) is 17.1 Å². The number of aliphatic imine (C=N–C) groups is 1. The zero-order valence-electron chi connectivity index (χ0n) is 31.5. The van der Waals surface area contributed by atoms with E-state index < -0.39 is 25.5 Å². The molecule has 0 saturated heterocycles. The van der Waals surface area contributed by atoms with Crippen molar-refractivity contribution in [1.29, 1.82) is 0 Å². The number of fused-ring (bicyclic) bond motifs is 1. The third-order valence-electron chi connectivity index (χ3n) is 9.98. The average Bonchev–Trinajstić information content (AvgIpc) is 3.94. The van der Waals surface area contributed by atoms with Gasteiger partial charge in [0.25, 0.3) is 0 Å². The van der Waals surface area contributed by atoms with E-state index in [1.807, 2.05) is 163 Å². The van der Waals surface area contributed by atoms with Crippen LogP contribution >= 0.6 is 0 Å². The first kappa shape index (κ1) is 37.1. The van der Waals surface area contributed by atoms with Crippen molar-refractivity contribution in [2.45, 2.75) is 0 Å². The maximum Gasteiger partial charge on any atom is 0.834 e. The summed E-state index contributed by atoms with van der Waals surface area (Å²) in [5.74, 6) is -1.18. The van der Waals surface area contributed by atoms with Crippen LogP contribution in [0.4, 0.5) is 51.4 Å². The van der Waals surface area contributed by atoms with Crippen LogP contribution in [-0.2, 0) is 9.31 Å². The first-order valence-corrected chi connectivity index (χ1v) is 19.0. The zero-order chi connectivity index (χ0) is 40.6. The van der Waals surface area contributed by atoms with Gasteiger partial charge >= 0.3 is 13.9 Å². The minimum Gasteiger partial charge on any atom is -0.614 e. The molecule has 59 heavy (non-hydrogen) atoms. The van der Waals surface area contributed by atoms with Crippen LogP contribution in [0.1, 0.15) is 11.1 Å². The zero-order valence-corrected chi connectivity index (χ0v) is 31.5. The van der Waals surface area contributed by atoms with Gasteiger partial charge in [0.1, 0.15) is 11.5 Å². The van der Waals surface area contributed by atoms with E-state index in [0.29, 0.717) is 21.3 Å². The van der Waals surface area contributed by atoms with Gasteiger partial charge < -0.3 is 40.9 Å². The van der Waals surface area contributed by atoms with Crippen LogP contribution < -0.4 is 9.80 Å². The molecule has 6 nitrogen and oxygen atoms in total. The predicted molar refractivity (Wildman–Crippen MR) is 229 cm³/mol. The van der Waals surface area contributed by atoms with Crippen LogP contribution in [0.15, 0.2) is 222 Å². The second kappa shape index (κ2) is 15.1. The van der Waals surface area contributed by atoms with Gasteiger partial charge in [0.15, 0.2) is 11.5 Å². The fourth-order valence-electron chi connectivity index (χ4n) is 7.43. The van der Waals surface area contributed by atoms with Crippen molar-refractivity contribution < 1.29 is 31.1 Å². The van der Waals surface area contributed by atoms with Gasteiger partial charge in [-0.1, -0.05) is 84.9 Å². The second-order valence-corrected chi connectivity index (χ2v) is 14.0. The number of allylic oxidation sites excluding steroid dienone is 4. The fraction of sp³-hybridized carbons (Fsp3) is 0. The Bertz CT molecular complexity index is 2620. The normalized spacial score (nSPS) is 16.8. The van der Waals surface area contributed by atoms with Crippen LogP contribution in [-0.4, -0.2) is 29.9 Å². The number of hydrogen-bond acceptors (Lipinski definition) is 5. The van der Waals surface area contributed by atoms with Crippen molar-refractivity contribution in [1.82, 2.24) is 0 Å². The predicted octanol–water partition coefficient (Wildman–Crippen LogP) is 12.2. The summed E-state index contributed by atoms with van der Waals surface area (Å²) in [6.07, 6.45) is 5.84. The second-order valence-electron chi connectivity index (χ2n) is 14.0. The Balaban J connectivity index is 1.07. The molecule has 0 unspecified atom stereocenters. The van der Waals surface area contributed by atoms with Crippen LogP contribution in [0.5, 0.6) is 0 Å². The lowest BCUT2D eigenvalue weighted by molar-refractivity contribution is -0.388.